The molecule has 0 saturated carbocycles. The maximum Gasteiger partial charge on any atom is 0.130 e. The van der Waals surface area contributed by atoms with Crippen molar-refractivity contribution in [1.29, 1.82) is 0 Å². The van der Waals surface area contributed by atoms with Gasteiger partial charge in [0.05, 0.1) is 0 Å². The van der Waals surface area contributed by atoms with E-state index in [4.69, 9.17) is 4.74 Å². The van der Waals surface area contributed by atoms with Gasteiger partial charge in [-0.15, -0.1) is 0 Å². The molecule has 0 fully saturated rings. The van der Waals surface area contributed by atoms with Crippen LogP contribution in [0.5, 0.6) is 11.5 Å². The first-order valence-corrected chi connectivity index (χ1v) is 11.4. The van der Waals surface area contributed by atoms with Crippen molar-refractivity contribution in [2.75, 3.05) is 0 Å². The zero-order valence-electron chi connectivity index (χ0n) is 20.1. The molecule has 166 valence electrons. The van der Waals surface area contributed by atoms with Crippen molar-refractivity contribution in [3.05, 3.63) is 45.6 Å². The zero-order valence-corrected chi connectivity index (χ0v) is 20.1. The van der Waals surface area contributed by atoms with Crippen molar-refractivity contribution in [2.24, 2.45) is 0 Å². The average Bonchev–Trinajstić information content (AvgIpc) is 2.69. The predicted molar refractivity (Wildman–Crippen MR) is 126 cm³/mol. The smallest absolute Gasteiger partial charge is 0.130 e. The van der Waals surface area contributed by atoms with Gasteiger partial charge in [-0.3, -0.25) is 0 Å². The highest BCUT2D eigenvalue weighted by Gasteiger charge is 2.33. The number of ketones is 1. The van der Waals surface area contributed by atoms with E-state index in [1.807, 2.05) is 13.8 Å². The van der Waals surface area contributed by atoms with Crippen molar-refractivity contribution in [3.63, 3.8) is 0 Å². The molecule has 3 nitrogen and oxygen atoms in total. The number of benzene rings is 1. The fraction of sp³-hybridized carbons (Fsp3) is 0.593. The Kier molecular flexibility index (Phi) is 8.34. The summed E-state index contributed by atoms with van der Waals surface area (Å²) in [5.41, 5.74) is 6.71. The van der Waals surface area contributed by atoms with E-state index in [1.54, 1.807) is 6.92 Å². The molecule has 30 heavy (non-hydrogen) atoms. The van der Waals surface area contributed by atoms with Gasteiger partial charge in [0.15, 0.2) is 0 Å². The summed E-state index contributed by atoms with van der Waals surface area (Å²) < 4.78 is 6.53. The number of hydrogen-bond acceptors (Lipinski definition) is 3. The number of Topliss-reactive ketones (excluding diaryl/α,β-unsaturated/α-hetero) is 1. The third kappa shape index (κ3) is 6.23. The van der Waals surface area contributed by atoms with Crippen LogP contribution in [0.1, 0.15) is 94.9 Å². The normalized spacial score (nSPS) is 19.4. The zero-order chi connectivity index (χ0) is 22.5. The topological polar surface area (TPSA) is 46.5 Å². The number of hydrogen-bond donors (Lipinski definition) is 1. The lowest BCUT2D eigenvalue weighted by Gasteiger charge is -2.38. The molecule has 0 amide bonds. The molecule has 1 N–H and O–H groups in total. The van der Waals surface area contributed by atoms with Gasteiger partial charge in [0.1, 0.15) is 22.9 Å². The van der Waals surface area contributed by atoms with Crippen LogP contribution in [0.4, 0.5) is 0 Å². The van der Waals surface area contributed by atoms with Crippen molar-refractivity contribution >= 4 is 5.78 Å². The summed E-state index contributed by atoms with van der Waals surface area (Å²) in [5.74, 6) is 1.67. The summed E-state index contributed by atoms with van der Waals surface area (Å²) in [7, 11) is 0. The molecular formula is C27H40O3. The molecule has 0 unspecified atom stereocenters. The molecule has 0 bridgehead atoms. The Hall–Kier alpha value is -2.03. The molecule has 0 spiro atoms. The van der Waals surface area contributed by atoms with Gasteiger partial charge in [0, 0.05) is 12.0 Å². The van der Waals surface area contributed by atoms with E-state index in [1.165, 1.54) is 16.7 Å². The maximum absolute atomic E-state index is 11.1. The number of rotatable bonds is 9. The minimum Gasteiger partial charge on any atom is -0.507 e. The molecule has 0 aromatic heterocycles. The minimum absolute atomic E-state index is 0.159. The molecular weight excluding hydrogens is 372 g/mol. The lowest BCUT2D eigenvalue weighted by molar-refractivity contribution is -0.116. The second-order valence-corrected chi connectivity index (χ2v) is 9.46. The molecule has 1 atom stereocenters. The Morgan fingerprint density at radius 2 is 1.60 bits per heavy atom. The van der Waals surface area contributed by atoms with Crippen molar-refractivity contribution in [2.45, 2.75) is 105 Å². The summed E-state index contributed by atoms with van der Waals surface area (Å²) in [6, 6.07) is 0. The van der Waals surface area contributed by atoms with Crippen molar-refractivity contribution in [3.8, 4) is 11.5 Å². The van der Waals surface area contributed by atoms with Crippen LogP contribution in [0, 0.1) is 20.8 Å². The Bertz CT molecular complexity index is 844. The minimum atomic E-state index is -0.159. The maximum atomic E-state index is 11.1. The van der Waals surface area contributed by atoms with E-state index < -0.39 is 0 Å². The fourth-order valence-electron chi connectivity index (χ4n) is 4.22. The Balaban J connectivity index is 1.91. The highest BCUT2D eigenvalue weighted by molar-refractivity contribution is 5.75. The average molecular weight is 413 g/mol. The van der Waals surface area contributed by atoms with Crippen molar-refractivity contribution in [1.82, 2.24) is 0 Å². The molecule has 1 aromatic carbocycles. The molecule has 3 heteroatoms. The standard InChI is InChI=1S/C27H40O3/c1-18(10-8-11-19(2)13-14-20(3)28)12-9-16-27(7)17-15-24-23(6)25(29)21(4)22(5)26(24)30-27/h11-12,29H,8-10,13-17H2,1-7H3/b18-12+,19-11+/t27-/m1/s1. The quantitative estimate of drug-likeness (QED) is 0.435. The van der Waals surface area contributed by atoms with Crippen molar-refractivity contribution < 1.29 is 14.6 Å². The number of aromatic hydroxyl groups is 1. The van der Waals surface area contributed by atoms with Crippen LogP contribution in [0.15, 0.2) is 23.3 Å². The van der Waals surface area contributed by atoms with E-state index >= 15 is 0 Å². The number of phenols is 1. The molecule has 0 saturated heterocycles. The van der Waals surface area contributed by atoms with Crippen LogP contribution >= 0.6 is 0 Å². The van der Waals surface area contributed by atoms with Gasteiger partial charge in [0.2, 0.25) is 0 Å². The number of allylic oxidation sites excluding steroid dienone is 4. The number of carbonyl (C=O) groups excluding carboxylic acids is 1. The summed E-state index contributed by atoms with van der Waals surface area (Å²) in [6.45, 7) is 14.2. The number of fused-ring (bicyclic) bond motifs is 1. The summed E-state index contributed by atoms with van der Waals surface area (Å²) in [5, 5.41) is 10.4. The number of ether oxygens (including phenoxy) is 1. The molecule has 1 aliphatic heterocycles. The van der Waals surface area contributed by atoms with Gasteiger partial charge in [-0.1, -0.05) is 23.3 Å². The monoisotopic (exact) mass is 412 g/mol. The second-order valence-electron chi connectivity index (χ2n) is 9.46. The molecule has 0 radical (unpaired) electrons. The third-order valence-corrected chi connectivity index (χ3v) is 6.66. The number of phenolic OH excluding ortho intramolecular Hbond substituents is 1. The van der Waals surface area contributed by atoms with Crippen LogP contribution in [0.25, 0.3) is 0 Å². The summed E-state index contributed by atoms with van der Waals surface area (Å²) in [4.78, 5) is 11.1. The van der Waals surface area contributed by atoms with Crippen LogP contribution in [-0.2, 0) is 11.2 Å². The first-order valence-electron chi connectivity index (χ1n) is 11.4. The lowest BCUT2D eigenvalue weighted by Crippen LogP contribution is -2.37. The number of carbonyl (C=O) groups is 1. The molecule has 1 heterocycles. The van der Waals surface area contributed by atoms with Gasteiger partial charge in [0.25, 0.3) is 0 Å². The van der Waals surface area contributed by atoms with E-state index in [0.29, 0.717) is 12.2 Å². The van der Waals surface area contributed by atoms with Crippen LogP contribution in [0.2, 0.25) is 0 Å². The molecule has 0 aliphatic carbocycles. The van der Waals surface area contributed by atoms with Gasteiger partial charge in [-0.25, -0.2) is 0 Å². The third-order valence-electron chi connectivity index (χ3n) is 6.66. The first-order chi connectivity index (χ1) is 14.0. The van der Waals surface area contributed by atoms with E-state index in [0.717, 1.165) is 67.4 Å². The van der Waals surface area contributed by atoms with E-state index in [9.17, 15) is 9.90 Å². The molecule has 1 aromatic rings. The first kappa shape index (κ1) is 24.2. The lowest BCUT2D eigenvalue weighted by atomic mass is 9.85. The van der Waals surface area contributed by atoms with Gasteiger partial charge in [-0.2, -0.15) is 0 Å². The Morgan fingerprint density at radius 1 is 0.967 bits per heavy atom. The van der Waals surface area contributed by atoms with Crippen LogP contribution < -0.4 is 4.74 Å². The van der Waals surface area contributed by atoms with Crippen LogP contribution in [-0.4, -0.2) is 16.5 Å². The van der Waals surface area contributed by atoms with E-state index in [2.05, 4.69) is 39.8 Å². The van der Waals surface area contributed by atoms with Gasteiger partial charge < -0.3 is 14.6 Å². The van der Waals surface area contributed by atoms with Gasteiger partial charge in [-0.05, 0) is 110 Å². The fourth-order valence-corrected chi connectivity index (χ4v) is 4.22. The largest absolute Gasteiger partial charge is 0.507 e. The van der Waals surface area contributed by atoms with E-state index in [-0.39, 0.29) is 11.4 Å². The molecule has 1 aliphatic rings. The summed E-state index contributed by atoms with van der Waals surface area (Å²) in [6.07, 6.45) is 12.2. The summed E-state index contributed by atoms with van der Waals surface area (Å²) >= 11 is 0. The molecule has 2 rings (SSSR count). The highest BCUT2D eigenvalue weighted by atomic mass is 16.5. The highest BCUT2D eigenvalue weighted by Crippen LogP contribution is 2.44. The van der Waals surface area contributed by atoms with Gasteiger partial charge >= 0.3 is 0 Å². The SMILES string of the molecule is CC(=O)CC/C(C)=C/CC/C(C)=C/CC[C@]1(C)CCc2c(C)c(O)c(C)c(C)c2O1. The Morgan fingerprint density at radius 3 is 2.27 bits per heavy atom. The second kappa shape index (κ2) is 10.3. The van der Waals surface area contributed by atoms with Crippen LogP contribution in [0.3, 0.4) is 0 Å². The predicted octanol–water partition coefficient (Wildman–Crippen LogP) is 7.22. The Labute approximate surface area is 183 Å².